The quantitative estimate of drug-likeness (QED) is 0.863. The van der Waals surface area contributed by atoms with Gasteiger partial charge in [0.1, 0.15) is 11.3 Å². The number of hydrogen-bond donors (Lipinski definition) is 2. The number of nitriles is 1. The summed E-state index contributed by atoms with van der Waals surface area (Å²) in [5.74, 6) is -1.43. The van der Waals surface area contributed by atoms with E-state index in [1.54, 1.807) is 11.9 Å². The van der Waals surface area contributed by atoms with Crippen molar-refractivity contribution in [2.75, 3.05) is 7.05 Å². The normalized spacial score (nSPS) is 17.1. The lowest BCUT2D eigenvalue weighted by molar-refractivity contribution is -0.132. The van der Waals surface area contributed by atoms with Crippen LogP contribution in [-0.4, -0.2) is 28.1 Å². The van der Waals surface area contributed by atoms with Crippen molar-refractivity contribution in [3.8, 4) is 6.07 Å². The molecule has 0 saturated carbocycles. The number of aryl methyl sites for hydroxylation is 1. The van der Waals surface area contributed by atoms with Gasteiger partial charge in [-0.3, -0.25) is 0 Å². The highest BCUT2D eigenvalue weighted by molar-refractivity contribution is 5.91. The summed E-state index contributed by atoms with van der Waals surface area (Å²) in [6, 6.07) is 5.75. The highest BCUT2D eigenvalue weighted by Gasteiger charge is 2.25. The molecule has 2 rings (SSSR count). The van der Waals surface area contributed by atoms with E-state index in [2.05, 4.69) is 13.0 Å². The first-order valence-electron chi connectivity index (χ1n) is 8.00. The maximum Gasteiger partial charge on any atom is 0.339 e. The molecule has 0 fully saturated rings. The van der Waals surface area contributed by atoms with Crippen LogP contribution in [0.4, 0.5) is 0 Å². The zero-order chi connectivity index (χ0) is 17.9. The van der Waals surface area contributed by atoms with Crippen molar-refractivity contribution >= 4 is 5.97 Å². The molecule has 0 aliphatic carbocycles. The minimum absolute atomic E-state index is 0.121. The molecule has 1 aromatic carbocycles. The zero-order valence-corrected chi connectivity index (χ0v) is 14.2. The Hall–Kier alpha value is -2.74. The van der Waals surface area contributed by atoms with E-state index >= 15 is 0 Å². The first kappa shape index (κ1) is 17.6. The van der Waals surface area contributed by atoms with Gasteiger partial charge in [-0.05, 0) is 48.6 Å². The van der Waals surface area contributed by atoms with Crippen LogP contribution in [0.1, 0.15) is 48.1 Å². The lowest BCUT2D eigenvalue weighted by Gasteiger charge is -2.29. The smallest absolute Gasteiger partial charge is 0.339 e. The third kappa shape index (κ3) is 3.43. The summed E-state index contributed by atoms with van der Waals surface area (Å²) in [5, 5.41) is 28.5. The molecule has 0 radical (unpaired) electrons. The fourth-order valence-electron chi connectivity index (χ4n) is 3.02. The summed E-state index contributed by atoms with van der Waals surface area (Å²) in [4.78, 5) is 13.0. The number of carboxylic acids is 1. The standard InChI is InChI=1S/C19H22N2O3/c1-4-5-6-15-12(2)7-13(8-14(15)10-20)17-9-16(19(23)24)18(22)11-21(17)3/h7-9,11,17,22H,4-6H2,1-3H3,(H,23,24). The van der Waals surface area contributed by atoms with Crippen LogP contribution < -0.4 is 0 Å². The van der Waals surface area contributed by atoms with Gasteiger partial charge in [-0.15, -0.1) is 0 Å². The van der Waals surface area contributed by atoms with Gasteiger partial charge in [0.15, 0.2) is 0 Å². The molecule has 0 aromatic heterocycles. The Bertz CT molecular complexity index is 757. The maximum atomic E-state index is 11.3. The van der Waals surface area contributed by atoms with Crippen LogP contribution in [0.15, 0.2) is 35.7 Å². The van der Waals surface area contributed by atoms with Crippen molar-refractivity contribution in [2.24, 2.45) is 0 Å². The second-order valence-electron chi connectivity index (χ2n) is 6.09. The van der Waals surface area contributed by atoms with E-state index in [0.29, 0.717) is 5.56 Å². The van der Waals surface area contributed by atoms with Crippen LogP contribution in [0, 0.1) is 18.3 Å². The number of likely N-dealkylation sites (N-methyl/N-ethyl adjacent to an activating group) is 1. The molecule has 1 aliphatic heterocycles. The molecule has 1 heterocycles. The van der Waals surface area contributed by atoms with Crippen LogP contribution in [0.5, 0.6) is 0 Å². The van der Waals surface area contributed by atoms with Crippen LogP contribution in [0.2, 0.25) is 0 Å². The number of hydrogen-bond acceptors (Lipinski definition) is 4. The van der Waals surface area contributed by atoms with Gasteiger partial charge in [0.25, 0.3) is 0 Å². The van der Waals surface area contributed by atoms with Crippen LogP contribution in [0.25, 0.3) is 0 Å². The topological polar surface area (TPSA) is 84.6 Å². The predicted molar refractivity (Wildman–Crippen MR) is 91.4 cm³/mol. The van der Waals surface area contributed by atoms with E-state index in [1.165, 1.54) is 12.3 Å². The molecule has 1 aliphatic rings. The minimum Gasteiger partial charge on any atom is -0.506 e. The van der Waals surface area contributed by atoms with Gasteiger partial charge in [-0.1, -0.05) is 19.4 Å². The highest BCUT2D eigenvalue weighted by Crippen LogP contribution is 2.32. The number of nitrogens with zero attached hydrogens (tertiary/aromatic N) is 2. The second kappa shape index (κ2) is 7.22. The number of aliphatic carboxylic acids is 1. The molecule has 1 atom stereocenters. The molecule has 5 nitrogen and oxygen atoms in total. The molecule has 2 N–H and O–H groups in total. The van der Waals surface area contributed by atoms with Gasteiger partial charge >= 0.3 is 5.97 Å². The Labute approximate surface area is 142 Å². The average Bonchev–Trinajstić information content (AvgIpc) is 2.52. The van der Waals surface area contributed by atoms with Gasteiger partial charge in [-0.2, -0.15) is 5.26 Å². The SMILES string of the molecule is CCCCc1c(C)cc(C2C=C(C(=O)O)C(O)=CN2C)cc1C#N. The first-order chi connectivity index (χ1) is 11.4. The molecule has 126 valence electrons. The van der Waals surface area contributed by atoms with Crippen molar-refractivity contribution in [3.63, 3.8) is 0 Å². The van der Waals surface area contributed by atoms with Gasteiger partial charge < -0.3 is 15.1 Å². The van der Waals surface area contributed by atoms with Crippen molar-refractivity contribution in [1.29, 1.82) is 5.26 Å². The molecule has 1 aromatic rings. The van der Waals surface area contributed by atoms with Crippen molar-refractivity contribution in [3.05, 3.63) is 58.0 Å². The summed E-state index contributed by atoms with van der Waals surface area (Å²) in [6.07, 6.45) is 5.87. The predicted octanol–water partition coefficient (Wildman–Crippen LogP) is 3.61. The second-order valence-corrected chi connectivity index (χ2v) is 6.09. The lowest BCUT2D eigenvalue weighted by Crippen LogP contribution is -2.24. The molecular formula is C19H22N2O3. The molecule has 0 bridgehead atoms. The lowest BCUT2D eigenvalue weighted by atomic mass is 9.91. The van der Waals surface area contributed by atoms with Crippen molar-refractivity contribution < 1.29 is 15.0 Å². The molecule has 0 amide bonds. The summed E-state index contributed by atoms with van der Waals surface area (Å²) in [6.45, 7) is 4.09. The van der Waals surface area contributed by atoms with E-state index in [1.807, 2.05) is 19.1 Å². The van der Waals surface area contributed by atoms with Crippen molar-refractivity contribution in [2.45, 2.75) is 39.2 Å². The van der Waals surface area contributed by atoms with E-state index in [-0.39, 0.29) is 17.4 Å². The Morgan fingerprint density at radius 2 is 2.12 bits per heavy atom. The van der Waals surface area contributed by atoms with Gasteiger partial charge in [0, 0.05) is 13.2 Å². The molecule has 0 spiro atoms. The largest absolute Gasteiger partial charge is 0.506 e. The average molecular weight is 326 g/mol. The molecule has 1 unspecified atom stereocenters. The Morgan fingerprint density at radius 1 is 1.42 bits per heavy atom. The van der Waals surface area contributed by atoms with E-state index in [9.17, 15) is 20.3 Å². The van der Waals surface area contributed by atoms with Crippen LogP contribution in [-0.2, 0) is 11.2 Å². The first-order valence-corrected chi connectivity index (χ1v) is 8.00. The summed E-state index contributed by atoms with van der Waals surface area (Å²) in [7, 11) is 1.77. The molecular weight excluding hydrogens is 304 g/mol. The summed E-state index contributed by atoms with van der Waals surface area (Å²) in [5.41, 5.74) is 3.45. The van der Waals surface area contributed by atoms with Crippen LogP contribution >= 0.6 is 0 Å². The summed E-state index contributed by atoms with van der Waals surface area (Å²) >= 11 is 0. The minimum atomic E-state index is -1.17. The Kier molecular flexibility index (Phi) is 5.30. The molecule has 5 heteroatoms. The van der Waals surface area contributed by atoms with E-state index in [4.69, 9.17) is 0 Å². The van der Waals surface area contributed by atoms with Gasteiger partial charge in [-0.25, -0.2) is 4.79 Å². The maximum absolute atomic E-state index is 11.3. The number of carboxylic acid groups (broad SMARTS) is 1. The monoisotopic (exact) mass is 326 g/mol. The fourth-order valence-corrected chi connectivity index (χ4v) is 3.02. The fraction of sp³-hybridized carbons (Fsp3) is 0.368. The number of aliphatic hydroxyl groups excluding tert-OH is 1. The number of unbranched alkanes of at least 4 members (excludes halogenated alkanes) is 1. The van der Waals surface area contributed by atoms with Crippen LogP contribution in [0.3, 0.4) is 0 Å². The number of aliphatic hydroxyl groups is 1. The number of rotatable bonds is 5. The summed E-state index contributed by atoms with van der Waals surface area (Å²) < 4.78 is 0. The number of carbonyl (C=O) groups is 1. The van der Waals surface area contributed by atoms with E-state index < -0.39 is 5.97 Å². The highest BCUT2D eigenvalue weighted by atomic mass is 16.4. The third-order valence-electron chi connectivity index (χ3n) is 4.33. The Morgan fingerprint density at radius 3 is 2.71 bits per heavy atom. The van der Waals surface area contributed by atoms with Gasteiger partial charge in [0.05, 0.1) is 17.7 Å². The number of benzene rings is 1. The van der Waals surface area contributed by atoms with Crippen molar-refractivity contribution in [1.82, 2.24) is 4.90 Å². The molecule has 0 saturated heterocycles. The third-order valence-corrected chi connectivity index (χ3v) is 4.33. The Balaban J connectivity index is 2.47. The molecule has 24 heavy (non-hydrogen) atoms. The zero-order valence-electron chi connectivity index (χ0n) is 14.2. The van der Waals surface area contributed by atoms with E-state index in [0.717, 1.165) is 36.0 Å². The van der Waals surface area contributed by atoms with Gasteiger partial charge in [0.2, 0.25) is 0 Å².